The molecule has 4 aromatic rings. The maximum absolute atomic E-state index is 14.8. The molecule has 0 saturated heterocycles. The Morgan fingerprint density at radius 1 is 1.31 bits per heavy atom. The van der Waals surface area contributed by atoms with Gasteiger partial charge in [0.05, 0.1) is 34.6 Å². The highest BCUT2D eigenvalue weighted by atomic mass is 32.1. The number of hydrogen-bond acceptors (Lipinski definition) is 8. The molecule has 164 valence electrons. The van der Waals surface area contributed by atoms with Gasteiger partial charge in [0.2, 0.25) is 5.88 Å². The first-order valence-electron chi connectivity index (χ1n) is 9.81. The largest absolute Gasteiger partial charge is 0.480 e. The number of benzene rings is 2. The van der Waals surface area contributed by atoms with E-state index >= 15 is 0 Å². The zero-order chi connectivity index (χ0) is 22.6. The Bertz CT molecular complexity index is 1410. The number of halogens is 1. The number of fused-ring (bicyclic) bond motifs is 4. The van der Waals surface area contributed by atoms with Crippen molar-refractivity contribution in [1.29, 1.82) is 0 Å². The van der Waals surface area contributed by atoms with Gasteiger partial charge in [-0.05, 0) is 31.5 Å². The molecule has 2 N–H and O–H groups in total. The lowest BCUT2D eigenvalue weighted by Gasteiger charge is -2.22. The SMILES string of the molecule is COc1cnc2c(-c3nc4cc(F)c5c(c4s3)CC(C)(COC(N)=O)O5)cc(C)cc2n1. The molecule has 10 heteroatoms. The molecular weight excluding hydrogens is 435 g/mol. The van der Waals surface area contributed by atoms with E-state index in [0.717, 1.165) is 15.8 Å². The molecule has 0 aliphatic carbocycles. The molecule has 1 amide bonds. The highest BCUT2D eigenvalue weighted by molar-refractivity contribution is 7.22. The number of rotatable bonds is 4. The molecule has 32 heavy (non-hydrogen) atoms. The number of aromatic nitrogens is 3. The van der Waals surface area contributed by atoms with Crippen LogP contribution in [0.3, 0.4) is 0 Å². The summed E-state index contributed by atoms with van der Waals surface area (Å²) >= 11 is 1.43. The van der Waals surface area contributed by atoms with Crippen molar-refractivity contribution in [2.75, 3.05) is 13.7 Å². The molecule has 0 spiro atoms. The van der Waals surface area contributed by atoms with Crippen LogP contribution >= 0.6 is 11.3 Å². The first kappa shape index (κ1) is 20.4. The molecule has 1 unspecified atom stereocenters. The standard InChI is InChI=1S/C22H19FN4O4S/c1-10-4-11(17-14(5-10)26-16(29-3)8-25-17)20-27-15-6-13(23)18-12(19(15)32-20)7-22(2,31-18)9-30-21(24)28/h4-6,8H,7,9H2,1-3H3,(H2,24,28). The van der Waals surface area contributed by atoms with Crippen LogP contribution in [0, 0.1) is 12.7 Å². The molecule has 1 aliphatic heterocycles. The van der Waals surface area contributed by atoms with Crippen LogP contribution in [0.15, 0.2) is 24.4 Å². The third-order valence-corrected chi connectivity index (χ3v) is 6.47. The third-order valence-electron chi connectivity index (χ3n) is 5.31. The lowest BCUT2D eigenvalue weighted by atomic mass is 10.00. The van der Waals surface area contributed by atoms with Crippen molar-refractivity contribution < 1.29 is 23.4 Å². The van der Waals surface area contributed by atoms with Gasteiger partial charge in [0.1, 0.15) is 17.2 Å². The minimum absolute atomic E-state index is 0.0798. The van der Waals surface area contributed by atoms with Crippen molar-refractivity contribution in [1.82, 2.24) is 15.0 Å². The van der Waals surface area contributed by atoms with E-state index in [0.29, 0.717) is 39.4 Å². The van der Waals surface area contributed by atoms with Crippen molar-refractivity contribution in [3.63, 3.8) is 0 Å². The number of thiazole rings is 1. The van der Waals surface area contributed by atoms with Gasteiger partial charge in [0.25, 0.3) is 0 Å². The summed E-state index contributed by atoms with van der Waals surface area (Å²) in [7, 11) is 1.54. The average molecular weight is 454 g/mol. The van der Waals surface area contributed by atoms with E-state index in [4.69, 9.17) is 24.9 Å². The molecule has 8 nitrogen and oxygen atoms in total. The summed E-state index contributed by atoms with van der Waals surface area (Å²) in [4.78, 5) is 24.7. The van der Waals surface area contributed by atoms with Crippen molar-refractivity contribution in [2.24, 2.45) is 5.73 Å². The summed E-state index contributed by atoms with van der Waals surface area (Å²) in [5.74, 6) is 0.0699. The van der Waals surface area contributed by atoms with Gasteiger partial charge in [0.15, 0.2) is 11.6 Å². The van der Waals surface area contributed by atoms with E-state index in [1.165, 1.54) is 17.4 Å². The molecule has 1 aliphatic rings. The Balaban J connectivity index is 1.63. The van der Waals surface area contributed by atoms with Gasteiger partial charge in [0, 0.05) is 23.6 Å². The van der Waals surface area contributed by atoms with Gasteiger partial charge >= 0.3 is 6.09 Å². The number of nitrogens with zero attached hydrogens (tertiary/aromatic N) is 3. The minimum atomic E-state index is -0.908. The van der Waals surface area contributed by atoms with Crippen molar-refractivity contribution in [3.8, 4) is 22.2 Å². The first-order chi connectivity index (χ1) is 15.3. The molecule has 0 radical (unpaired) electrons. The lowest BCUT2D eigenvalue weighted by Crippen LogP contribution is -2.38. The number of aryl methyl sites for hydroxylation is 1. The van der Waals surface area contributed by atoms with E-state index in [2.05, 4.69) is 9.97 Å². The highest BCUT2D eigenvalue weighted by Crippen LogP contribution is 2.45. The van der Waals surface area contributed by atoms with Crippen LogP contribution in [0.1, 0.15) is 18.1 Å². The lowest BCUT2D eigenvalue weighted by molar-refractivity contribution is 0.0300. The number of nitrogens with two attached hydrogens (primary N) is 1. The Labute approximate surface area is 186 Å². The predicted octanol–water partition coefficient (Wildman–Crippen LogP) is 4.15. The fourth-order valence-electron chi connectivity index (χ4n) is 3.93. The maximum atomic E-state index is 14.8. The van der Waals surface area contributed by atoms with Gasteiger partial charge in [-0.2, -0.15) is 0 Å². The van der Waals surface area contributed by atoms with Crippen LogP contribution in [0.4, 0.5) is 9.18 Å². The summed E-state index contributed by atoms with van der Waals surface area (Å²) < 4.78 is 31.6. The number of carbonyl (C=O) groups excluding carboxylic acids is 1. The second kappa shape index (κ2) is 7.27. The van der Waals surface area contributed by atoms with E-state index in [1.54, 1.807) is 20.2 Å². The molecule has 0 saturated carbocycles. The van der Waals surface area contributed by atoms with E-state index < -0.39 is 17.5 Å². The zero-order valence-electron chi connectivity index (χ0n) is 17.6. The number of carbonyl (C=O) groups is 1. The van der Waals surface area contributed by atoms with Gasteiger partial charge in [-0.25, -0.2) is 24.1 Å². The quantitative estimate of drug-likeness (QED) is 0.493. The summed E-state index contributed by atoms with van der Waals surface area (Å²) in [6.45, 7) is 3.64. The number of methoxy groups -OCH3 is 1. The Kier molecular flexibility index (Phi) is 4.63. The van der Waals surface area contributed by atoms with Crippen LogP contribution in [-0.4, -0.2) is 40.4 Å². The van der Waals surface area contributed by atoms with Crippen LogP contribution in [0.2, 0.25) is 0 Å². The molecule has 3 heterocycles. The van der Waals surface area contributed by atoms with Gasteiger partial charge in [-0.1, -0.05) is 0 Å². The van der Waals surface area contributed by atoms with E-state index in [1.807, 2.05) is 19.1 Å². The first-order valence-corrected chi connectivity index (χ1v) is 10.6. The zero-order valence-corrected chi connectivity index (χ0v) is 18.4. The fraction of sp³-hybridized carbons (Fsp3) is 0.273. The molecule has 5 rings (SSSR count). The number of hydrogen-bond donors (Lipinski definition) is 1. The average Bonchev–Trinajstić information content (AvgIpc) is 3.33. The summed E-state index contributed by atoms with van der Waals surface area (Å²) in [6.07, 6.45) is 1.02. The minimum Gasteiger partial charge on any atom is -0.480 e. The summed E-state index contributed by atoms with van der Waals surface area (Å²) in [6, 6.07) is 5.28. The van der Waals surface area contributed by atoms with Crippen molar-refractivity contribution in [3.05, 3.63) is 41.3 Å². The molecular formula is C22H19FN4O4S. The summed E-state index contributed by atoms with van der Waals surface area (Å²) in [5.41, 5.74) is 8.57. The van der Waals surface area contributed by atoms with E-state index in [-0.39, 0.29) is 12.4 Å². The number of ether oxygens (including phenoxy) is 3. The molecule has 2 aromatic heterocycles. The van der Waals surface area contributed by atoms with Crippen LogP contribution in [-0.2, 0) is 11.2 Å². The van der Waals surface area contributed by atoms with Crippen LogP contribution in [0.5, 0.6) is 11.6 Å². The Morgan fingerprint density at radius 2 is 2.12 bits per heavy atom. The van der Waals surface area contributed by atoms with E-state index in [9.17, 15) is 9.18 Å². The smallest absolute Gasteiger partial charge is 0.404 e. The number of amides is 1. The monoisotopic (exact) mass is 454 g/mol. The van der Waals surface area contributed by atoms with Crippen LogP contribution < -0.4 is 15.2 Å². The molecule has 0 fully saturated rings. The third kappa shape index (κ3) is 3.36. The van der Waals surface area contributed by atoms with Crippen molar-refractivity contribution in [2.45, 2.75) is 25.9 Å². The van der Waals surface area contributed by atoms with Gasteiger partial charge in [-0.15, -0.1) is 11.3 Å². The summed E-state index contributed by atoms with van der Waals surface area (Å²) in [5, 5.41) is 0.697. The second-order valence-corrected chi connectivity index (χ2v) is 8.96. The molecule has 1 atom stereocenters. The Hall–Kier alpha value is -3.53. The fourth-order valence-corrected chi connectivity index (χ4v) is 5.04. The van der Waals surface area contributed by atoms with Gasteiger partial charge in [-0.3, -0.25) is 0 Å². The highest BCUT2D eigenvalue weighted by Gasteiger charge is 2.40. The second-order valence-electron chi connectivity index (χ2n) is 7.96. The maximum Gasteiger partial charge on any atom is 0.404 e. The number of primary amides is 1. The van der Waals surface area contributed by atoms with Gasteiger partial charge < -0.3 is 19.9 Å². The normalized spacial score (nSPS) is 17.4. The molecule has 0 bridgehead atoms. The molecule has 2 aromatic carbocycles. The predicted molar refractivity (Wildman–Crippen MR) is 118 cm³/mol. The topological polar surface area (TPSA) is 109 Å². The Morgan fingerprint density at radius 3 is 2.88 bits per heavy atom. The van der Waals surface area contributed by atoms with Crippen molar-refractivity contribution >= 4 is 38.7 Å². The van der Waals surface area contributed by atoms with Crippen LogP contribution in [0.25, 0.3) is 31.8 Å².